The summed E-state index contributed by atoms with van der Waals surface area (Å²) >= 11 is 0. The Kier molecular flexibility index (Phi) is 3.42. The topological polar surface area (TPSA) is 61.2 Å². The van der Waals surface area contributed by atoms with Gasteiger partial charge in [0.1, 0.15) is 0 Å². The molecule has 4 nitrogen and oxygen atoms in total. The van der Waals surface area contributed by atoms with Gasteiger partial charge in [-0.05, 0) is 30.5 Å². The fourth-order valence-corrected chi connectivity index (χ4v) is 2.11. The quantitative estimate of drug-likeness (QED) is 0.600. The van der Waals surface area contributed by atoms with E-state index in [-0.39, 0.29) is 0 Å². The number of Topliss-reactive ketones (excluding diaryl/α,β-unsaturated/α-hetero) is 1. The molecule has 0 radical (unpaired) electrons. The van der Waals surface area contributed by atoms with Crippen LogP contribution in [0, 0.1) is 11.3 Å². The van der Waals surface area contributed by atoms with Gasteiger partial charge >= 0.3 is 0 Å². The first-order valence-electron chi connectivity index (χ1n) is 6.05. The summed E-state index contributed by atoms with van der Waals surface area (Å²) in [7, 11) is 0. The van der Waals surface area contributed by atoms with Crippen molar-refractivity contribution in [2.45, 2.75) is 26.2 Å². The predicted molar refractivity (Wildman–Crippen MR) is 67.4 cm³/mol. The highest BCUT2D eigenvalue weighted by Crippen LogP contribution is 2.30. The third-order valence-corrected chi connectivity index (χ3v) is 3.11. The number of rotatable bonds is 4. The molecule has 1 aliphatic heterocycles. The zero-order chi connectivity index (χ0) is 13.1. The van der Waals surface area contributed by atoms with Crippen molar-refractivity contribution in [2.24, 2.45) is 0 Å². The number of hydrogen-bond acceptors (Lipinski definition) is 3. The third-order valence-electron chi connectivity index (χ3n) is 3.11. The van der Waals surface area contributed by atoms with E-state index in [1.807, 2.05) is 25.1 Å². The molecule has 0 fully saturated rings. The Labute approximate surface area is 106 Å². The molecule has 1 heterocycles. The van der Waals surface area contributed by atoms with Gasteiger partial charge in [0.15, 0.2) is 0 Å². The van der Waals surface area contributed by atoms with Crippen LogP contribution in [-0.2, 0) is 11.2 Å². The zero-order valence-corrected chi connectivity index (χ0v) is 10.3. The van der Waals surface area contributed by atoms with Gasteiger partial charge < -0.3 is 4.90 Å². The molecule has 92 valence electrons. The largest absolute Gasteiger partial charge is 0.305 e. The molecular weight excluding hydrogens is 228 g/mol. The molecule has 0 atom stereocenters. The number of carbonyl (C=O) groups excluding carboxylic acids is 2. The van der Waals surface area contributed by atoms with E-state index < -0.39 is 11.7 Å². The monoisotopic (exact) mass is 242 g/mol. The molecule has 0 bridgehead atoms. The van der Waals surface area contributed by atoms with Crippen molar-refractivity contribution in [1.82, 2.24) is 0 Å². The maximum atomic E-state index is 11.9. The molecule has 0 saturated heterocycles. The van der Waals surface area contributed by atoms with Gasteiger partial charge in [-0.25, -0.2) is 0 Å². The van der Waals surface area contributed by atoms with E-state index in [9.17, 15) is 9.59 Å². The van der Waals surface area contributed by atoms with Crippen LogP contribution in [-0.4, -0.2) is 18.2 Å². The molecule has 1 aromatic rings. The summed E-state index contributed by atoms with van der Waals surface area (Å²) < 4.78 is 0. The number of fused-ring (bicyclic) bond motifs is 1. The minimum atomic E-state index is -0.476. The van der Waals surface area contributed by atoms with Crippen LogP contribution in [0.5, 0.6) is 0 Å². The van der Waals surface area contributed by atoms with Crippen molar-refractivity contribution in [2.75, 3.05) is 11.4 Å². The number of hydrogen-bond donors (Lipinski definition) is 0. The Bertz CT molecular complexity index is 543. The number of ketones is 1. The Morgan fingerprint density at radius 1 is 1.33 bits per heavy atom. The molecular formula is C14H14N2O2. The molecule has 4 heteroatoms. The summed E-state index contributed by atoms with van der Waals surface area (Å²) in [6, 6.07) is 7.58. The van der Waals surface area contributed by atoms with Crippen LogP contribution in [0.4, 0.5) is 5.69 Å². The van der Waals surface area contributed by atoms with Crippen molar-refractivity contribution in [3.8, 4) is 6.07 Å². The van der Waals surface area contributed by atoms with Crippen LogP contribution in [0.2, 0.25) is 0 Å². The summed E-state index contributed by atoms with van der Waals surface area (Å²) in [5, 5.41) is 8.50. The fourth-order valence-electron chi connectivity index (χ4n) is 2.11. The van der Waals surface area contributed by atoms with Crippen LogP contribution in [0.3, 0.4) is 0 Å². The van der Waals surface area contributed by atoms with Crippen molar-refractivity contribution in [1.29, 1.82) is 5.26 Å². The van der Waals surface area contributed by atoms with Gasteiger partial charge in [-0.1, -0.05) is 13.0 Å². The SMILES string of the molecule is CCc1ccc2c(c1)C(=O)C(=O)N2CCCC#N. The standard InChI is InChI=1S/C14H14N2O2/c1-2-10-5-6-12-11(9-10)13(17)14(18)16(12)8-4-3-7-15/h5-6,9H,2-4,8H2,1H3. The summed E-state index contributed by atoms with van der Waals surface area (Å²) in [5.74, 6) is -0.909. The highest BCUT2D eigenvalue weighted by molar-refractivity contribution is 6.52. The lowest BCUT2D eigenvalue weighted by atomic mass is 10.1. The highest BCUT2D eigenvalue weighted by atomic mass is 16.2. The van der Waals surface area contributed by atoms with E-state index in [4.69, 9.17) is 5.26 Å². The number of unbranched alkanes of at least 4 members (excludes halogenated alkanes) is 1. The molecule has 1 aliphatic rings. The molecule has 0 aromatic heterocycles. The Morgan fingerprint density at radius 3 is 2.78 bits per heavy atom. The minimum absolute atomic E-state index is 0.389. The minimum Gasteiger partial charge on any atom is -0.305 e. The maximum Gasteiger partial charge on any atom is 0.299 e. The molecule has 2 rings (SSSR count). The number of carbonyl (C=O) groups is 2. The second-order valence-corrected chi connectivity index (χ2v) is 4.25. The van der Waals surface area contributed by atoms with Crippen molar-refractivity contribution in [3.05, 3.63) is 29.3 Å². The lowest BCUT2D eigenvalue weighted by Crippen LogP contribution is -2.30. The fraction of sp³-hybridized carbons (Fsp3) is 0.357. The van der Waals surface area contributed by atoms with Gasteiger partial charge in [-0.2, -0.15) is 5.26 Å². The number of nitriles is 1. The first-order chi connectivity index (χ1) is 8.69. The summed E-state index contributed by atoms with van der Waals surface area (Å²) in [5.41, 5.74) is 2.23. The number of anilines is 1. The van der Waals surface area contributed by atoms with Crippen molar-refractivity contribution >= 4 is 17.4 Å². The van der Waals surface area contributed by atoms with E-state index in [0.717, 1.165) is 12.0 Å². The Hall–Kier alpha value is -2.15. The van der Waals surface area contributed by atoms with Crippen molar-refractivity contribution in [3.63, 3.8) is 0 Å². The van der Waals surface area contributed by atoms with E-state index in [0.29, 0.717) is 30.6 Å². The molecule has 0 unspecified atom stereocenters. The maximum absolute atomic E-state index is 11.9. The molecule has 0 saturated carbocycles. The second kappa shape index (κ2) is 5.01. The van der Waals surface area contributed by atoms with Crippen LogP contribution in [0.25, 0.3) is 0 Å². The number of aryl methyl sites for hydroxylation is 1. The van der Waals surface area contributed by atoms with Gasteiger partial charge in [0.2, 0.25) is 0 Å². The van der Waals surface area contributed by atoms with Crippen LogP contribution in [0.1, 0.15) is 35.7 Å². The number of nitrogens with zero attached hydrogens (tertiary/aromatic N) is 2. The lowest BCUT2D eigenvalue weighted by molar-refractivity contribution is -0.114. The van der Waals surface area contributed by atoms with Gasteiger partial charge in [-0.15, -0.1) is 0 Å². The molecule has 18 heavy (non-hydrogen) atoms. The average Bonchev–Trinajstić information content (AvgIpc) is 2.63. The van der Waals surface area contributed by atoms with Crippen LogP contribution < -0.4 is 4.90 Å². The van der Waals surface area contributed by atoms with E-state index in [2.05, 4.69) is 0 Å². The second-order valence-electron chi connectivity index (χ2n) is 4.25. The average molecular weight is 242 g/mol. The predicted octanol–water partition coefficient (Wildman–Crippen LogP) is 2.08. The zero-order valence-electron chi connectivity index (χ0n) is 10.3. The van der Waals surface area contributed by atoms with Gasteiger partial charge in [-0.3, -0.25) is 9.59 Å². The van der Waals surface area contributed by atoms with Gasteiger partial charge in [0, 0.05) is 13.0 Å². The van der Waals surface area contributed by atoms with E-state index >= 15 is 0 Å². The van der Waals surface area contributed by atoms with Gasteiger partial charge in [0.25, 0.3) is 11.7 Å². The molecule has 0 N–H and O–H groups in total. The summed E-state index contributed by atoms with van der Waals surface area (Å²) in [6.45, 7) is 2.43. The first kappa shape index (κ1) is 12.3. The Morgan fingerprint density at radius 2 is 2.11 bits per heavy atom. The molecule has 0 spiro atoms. The van der Waals surface area contributed by atoms with Crippen LogP contribution >= 0.6 is 0 Å². The van der Waals surface area contributed by atoms with E-state index in [1.54, 1.807) is 6.07 Å². The van der Waals surface area contributed by atoms with Gasteiger partial charge in [0.05, 0.1) is 17.3 Å². The molecule has 0 aliphatic carbocycles. The molecule has 1 aromatic carbocycles. The lowest BCUT2D eigenvalue weighted by Gasteiger charge is -2.15. The summed E-state index contributed by atoms with van der Waals surface area (Å²) in [4.78, 5) is 25.2. The normalized spacial score (nSPS) is 13.7. The first-order valence-corrected chi connectivity index (χ1v) is 6.05. The summed E-state index contributed by atoms with van der Waals surface area (Å²) in [6.07, 6.45) is 1.81. The van der Waals surface area contributed by atoms with E-state index in [1.165, 1.54) is 4.90 Å². The van der Waals surface area contributed by atoms with Crippen molar-refractivity contribution < 1.29 is 9.59 Å². The highest BCUT2D eigenvalue weighted by Gasteiger charge is 2.35. The Balaban J connectivity index is 2.29. The number of amides is 1. The molecule has 1 amide bonds. The third kappa shape index (κ3) is 2.00. The van der Waals surface area contributed by atoms with Crippen LogP contribution in [0.15, 0.2) is 18.2 Å². The number of benzene rings is 1. The smallest absolute Gasteiger partial charge is 0.299 e.